The fourth-order valence-corrected chi connectivity index (χ4v) is 4.57. The summed E-state index contributed by atoms with van der Waals surface area (Å²) in [5, 5.41) is 16.6. The predicted octanol–water partition coefficient (Wildman–Crippen LogP) is 6.97. The highest BCUT2D eigenvalue weighted by Crippen LogP contribution is 2.37. The van der Waals surface area contributed by atoms with Gasteiger partial charge in [-0.1, -0.05) is 48.0 Å². The second-order valence-electron chi connectivity index (χ2n) is 7.69. The molecule has 1 unspecified atom stereocenters. The fraction of sp³-hybridized carbons (Fsp3) is 0.0370. The molecule has 9 heteroatoms. The maximum atomic E-state index is 13.2. The SMILES string of the molecule is O=C(Nc1cccc(SC(C(=O)Nc2ccc(Cl)cc2)c2ccccc2)c1)c1ccc([N+](=O)[O-])cc1. The number of anilines is 2. The van der Waals surface area contributed by atoms with Crippen molar-refractivity contribution in [2.45, 2.75) is 10.1 Å². The first-order valence-electron chi connectivity index (χ1n) is 10.8. The van der Waals surface area contributed by atoms with Crippen LogP contribution in [-0.2, 0) is 4.79 Å². The average molecular weight is 518 g/mol. The lowest BCUT2D eigenvalue weighted by molar-refractivity contribution is -0.384. The maximum absolute atomic E-state index is 13.2. The number of rotatable bonds is 8. The minimum Gasteiger partial charge on any atom is -0.325 e. The Hall–Kier alpha value is -4.14. The number of thioether (sulfide) groups is 1. The molecule has 36 heavy (non-hydrogen) atoms. The van der Waals surface area contributed by atoms with Crippen molar-refractivity contribution in [3.63, 3.8) is 0 Å². The molecule has 0 saturated heterocycles. The smallest absolute Gasteiger partial charge is 0.269 e. The van der Waals surface area contributed by atoms with E-state index in [1.54, 1.807) is 42.5 Å². The Labute approximate surface area is 216 Å². The molecule has 2 amide bonds. The first-order chi connectivity index (χ1) is 17.4. The lowest BCUT2D eigenvalue weighted by Gasteiger charge is -2.18. The molecule has 0 bridgehead atoms. The molecule has 7 nitrogen and oxygen atoms in total. The lowest BCUT2D eigenvalue weighted by Crippen LogP contribution is -2.19. The van der Waals surface area contributed by atoms with E-state index in [-0.39, 0.29) is 11.6 Å². The number of nitrogens with zero attached hydrogens (tertiary/aromatic N) is 1. The number of nitro benzene ring substituents is 1. The molecule has 0 saturated carbocycles. The summed E-state index contributed by atoms with van der Waals surface area (Å²) in [5.74, 6) is -0.596. The van der Waals surface area contributed by atoms with Crippen molar-refractivity contribution >= 4 is 52.2 Å². The minimum atomic E-state index is -0.553. The average Bonchev–Trinajstić information content (AvgIpc) is 2.89. The van der Waals surface area contributed by atoms with Crippen LogP contribution in [0.2, 0.25) is 5.02 Å². The highest BCUT2D eigenvalue weighted by molar-refractivity contribution is 8.00. The van der Waals surface area contributed by atoms with Gasteiger partial charge in [-0.2, -0.15) is 0 Å². The summed E-state index contributed by atoms with van der Waals surface area (Å²) in [7, 11) is 0. The number of carbonyl (C=O) groups excluding carboxylic acids is 2. The normalized spacial score (nSPS) is 11.4. The molecule has 0 aromatic heterocycles. The van der Waals surface area contributed by atoms with Crippen LogP contribution in [-0.4, -0.2) is 16.7 Å². The van der Waals surface area contributed by atoms with Gasteiger partial charge in [0, 0.05) is 39.0 Å². The molecule has 0 aliphatic carbocycles. The van der Waals surface area contributed by atoms with Crippen molar-refractivity contribution in [2.24, 2.45) is 0 Å². The lowest BCUT2D eigenvalue weighted by atomic mass is 10.1. The number of benzene rings is 4. The van der Waals surface area contributed by atoms with Gasteiger partial charge in [0.1, 0.15) is 5.25 Å². The quantitative estimate of drug-likeness (QED) is 0.149. The highest BCUT2D eigenvalue weighted by atomic mass is 35.5. The monoisotopic (exact) mass is 517 g/mol. The Morgan fingerprint density at radius 1 is 0.806 bits per heavy atom. The molecule has 4 aromatic carbocycles. The first kappa shape index (κ1) is 25.0. The predicted molar refractivity (Wildman–Crippen MR) is 143 cm³/mol. The van der Waals surface area contributed by atoms with Crippen molar-refractivity contribution in [3.05, 3.63) is 129 Å². The fourth-order valence-electron chi connectivity index (χ4n) is 3.36. The molecule has 0 aliphatic heterocycles. The third-order valence-corrected chi connectivity index (χ3v) is 6.64. The number of hydrogen-bond donors (Lipinski definition) is 2. The van der Waals surface area contributed by atoms with Gasteiger partial charge in [0.2, 0.25) is 5.91 Å². The van der Waals surface area contributed by atoms with Gasteiger partial charge in [0.05, 0.1) is 4.92 Å². The number of carbonyl (C=O) groups is 2. The zero-order chi connectivity index (χ0) is 25.5. The van der Waals surface area contributed by atoms with Crippen molar-refractivity contribution in [3.8, 4) is 0 Å². The van der Waals surface area contributed by atoms with E-state index in [2.05, 4.69) is 10.6 Å². The van der Waals surface area contributed by atoms with Gasteiger partial charge in [0.25, 0.3) is 11.6 Å². The van der Waals surface area contributed by atoms with Gasteiger partial charge in [-0.3, -0.25) is 19.7 Å². The van der Waals surface area contributed by atoms with E-state index < -0.39 is 16.1 Å². The Bertz CT molecular complexity index is 1380. The van der Waals surface area contributed by atoms with Crippen LogP contribution in [0.3, 0.4) is 0 Å². The number of hydrogen-bond acceptors (Lipinski definition) is 5. The molecule has 0 fully saturated rings. The molecule has 4 aromatic rings. The van der Waals surface area contributed by atoms with Crippen LogP contribution in [0, 0.1) is 10.1 Å². The van der Waals surface area contributed by atoms with Gasteiger partial charge in [-0.15, -0.1) is 11.8 Å². The Balaban J connectivity index is 1.51. The van der Waals surface area contributed by atoms with Crippen LogP contribution in [0.1, 0.15) is 21.2 Å². The molecule has 2 N–H and O–H groups in total. The van der Waals surface area contributed by atoms with Gasteiger partial charge in [-0.05, 0) is 60.2 Å². The Morgan fingerprint density at radius 3 is 2.17 bits per heavy atom. The summed E-state index contributed by atoms with van der Waals surface area (Å²) in [6, 6.07) is 28.8. The standard InChI is InChI=1S/C27H20ClN3O4S/c28-20-11-13-21(14-12-20)29-27(33)25(18-5-2-1-3-6-18)36-24-8-4-7-22(17-24)30-26(32)19-9-15-23(16-10-19)31(34)35/h1-17,25H,(H,29,33)(H,30,32). The van der Waals surface area contributed by atoms with Crippen LogP contribution in [0.25, 0.3) is 0 Å². The van der Waals surface area contributed by atoms with E-state index in [1.807, 2.05) is 36.4 Å². The van der Waals surface area contributed by atoms with Crippen molar-refractivity contribution in [1.82, 2.24) is 0 Å². The third-order valence-electron chi connectivity index (χ3n) is 5.14. The van der Waals surface area contributed by atoms with Crippen molar-refractivity contribution in [1.29, 1.82) is 0 Å². The number of nitrogens with one attached hydrogen (secondary N) is 2. The zero-order valence-electron chi connectivity index (χ0n) is 18.8. The Kier molecular flexibility index (Phi) is 7.99. The summed E-state index contributed by atoms with van der Waals surface area (Å²) < 4.78 is 0. The summed E-state index contributed by atoms with van der Waals surface area (Å²) >= 11 is 7.30. The van der Waals surface area contributed by atoms with Crippen LogP contribution in [0.5, 0.6) is 0 Å². The van der Waals surface area contributed by atoms with E-state index in [9.17, 15) is 19.7 Å². The van der Waals surface area contributed by atoms with Gasteiger partial charge < -0.3 is 10.6 Å². The largest absolute Gasteiger partial charge is 0.325 e. The first-order valence-corrected chi connectivity index (χ1v) is 12.1. The summed E-state index contributed by atoms with van der Waals surface area (Å²) in [6.07, 6.45) is 0. The van der Waals surface area contributed by atoms with Gasteiger partial charge in [0.15, 0.2) is 0 Å². The summed E-state index contributed by atoms with van der Waals surface area (Å²) in [4.78, 5) is 37.0. The van der Waals surface area contributed by atoms with Crippen LogP contribution < -0.4 is 10.6 Å². The van der Waals surface area contributed by atoms with Crippen molar-refractivity contribution in [2.75, 3.05) is 10.6 Å². The second-order valence-corrected chi connectivity index (χ2v) is 9.31. The molecule has 180 valence electrons. The number of amides is 2. The minimum absolute atomic E-state index is 0.0891. The van der Waals surface area contributed by atoms with Crippen LogP contribution in [0.15, 0.2) is 108 Å². The summed E-state index contributed by atoms with van der Waals surface area (Å²) in [6.45, 7) is 0. The third kappa shape index (κ3) is 6.50. The zero-order valence-corrected chi connectivity index (χ0v) is 20.3. The van der Waals surface area contributed by atoms with E-state index >= 15 is 0 Å². The molecular weight excluding hydrogens is 498 g/mol. The number of halogens is 1. The van der Waals surface area contributed by atoms with Crippen LogP contribution in [0.4, 0.5) is 17.1 Å². The molecular formula is C27H20ClN3O4S. The van der Waals surface area contributed by atoms with E-state index in [1.165, 1.54) is 36.0 Å². The van der Waals surface area contributed by atoms with E-state index in [4.69, 9.17) is 11.6 Å². The number of nitro groups is 1. The van der Waals surface area contributed by atoms with Crippen molar-refractivity contribution < 1.29 is 14.5 Å². The van der Waals surface area contributed by atoms with Crippen LogP contribution >= 0.6 is 23.4 Å². The van der Waals surface area contributed by atoms with E-state index in [0.717, 1.165) is 10.5 Å². The second kappa shape index (κ2) is 11.5. The van der Waals surface area contributed by atoms with Gasteiger partial charge in [-0.25, -0.2) is 0 Å². The molecule has 0 aliphatic rings. The molecule has 0 radical (unpaired) electrons. The highest BCUT2D eigenvalue weighted by Gasteiger charge is 2.22. The molecule has 0 spiro atoms. The molecule has 4 rings (SSSR count). The molecule has 1 atom stereocenters. The Morgan fingerprint density at radius 2 is 1.50 bits per heavy atom. The molecule has 0 heterocycles. The van der Waals surface area contributed by atoms with E-state index in [0.29, 0.717) is 22.0 Å². The summed E-state index contributed by atoms with van der Waals surface area (Å²) in [5.41, 5.74) is 2.20. The number of non-ortho nitro benzene ring substituents is 1. The maximum Gasteiger partial charge on any atom is 0.269 e. The van der Waals surface area contributed by atoms with Gasteiger partial charge >= 0.3 is 0 Å². The topological polar surface area (TPSA) is 101 Å².